The molecule has 0 aliphatic carbocycles. The maximum absolute atomic E-state index is 12.3. The van der Waals surface area contributed by atoms with Crippen LogP contribution in [0.5, 0.6) is 11.5 Å². The number of nitrogens with zero attached hydrogens (tertiary/aromatic N) is 1. The van der Waals surface area contributed by atoms with E-state index in [1.165, 1.54) is 0 Å². The minimum absolute atomic E-state index is 0.264. The van der Waals surface area contributed by atoms with Crippen LogP contribution in [-0.2, 0) is 4.79 Å². The number of hydrogen-bond acceptors (Lipinski definition) is 4. The van der Waals surface area contributed by atoms with Crippen LogP contribution in [0.2, 0.25) is 5.02 Å². The van der Waals surface area contributed by atoms with Crippen LogP contribution in [0.1, 0.15) is 11.1 Å². The summed E-state index contributed by atoms with van der Waals surface area (Å²) in [4.78, 5) is 16.8. The lowest BCUT2D eigenvalue weighted by atomic mass is 10.1. The third-order valence-corrected chi connectivity index (χ3v) is 3.99. The summed E-state index contributed by atoms with van der Waals surface area (Å²) in [7, 11) is 3.11. The summed E-state index contributed by atoms with van der Waals surface area (Å²) in [6.45, 7) is 1.91. The Labute approximate surface area is 138 Å². The van der Waals surface area contributed by atoms with E-state index in [-0.39, 0.29) is 11.6 Å². The third kappa shape index (κ3) is 2.64. The van der Waals surface area contributed by atoms with Gasteiger partial charge >= 0.3 is 0 Å². The van der Waals surface area contributed by atoms with Crippen molar-refractivity contribution >= 4 is 34.6 Å². The summed E-state index contributed by atoms with van der Waals surface area (Å²) in [5.74, 6) is 0.878. The number of carbonyl (C=O) groups excluding carboxylic acids is 1. The van der Waals surface area contributed by atoms with Gasteiger partial charge in [0.2, 0.25) is 0 Å². The molecule has 3 rings (SSSR count). The predicted molar refractivity (Wildman–Crippen MR) is 90.6 cm³/mol. The van der Waals surface area contributed by atoms with Crippen molar-refractivity contribution in [2.45, 2.75) is 6.92 Å². The molecule has 1 aliphatic heterocycles. The molecule has 0 bridgehead atoms. The molecule has 5 nitrogen and oxygen atoms in total. The van der Waals surface area contributed by atoms with E-state index in [2.05, 4.69) is 10.3 Å². The lowest BCUT2D eigenvalue weighted by Crippen LogP contribution is -2.14. The van der Waals surface area contributed by atoms with Gasteiger partial charge in [0.05, 0.1) is 24.9 Å². The molecule has 1 N–H and O–H groups in total. The summed E-state index contributed by atoms with van der Waals surface area (Å²) in [6, 6.07) is 8.83. The van der Waals surface area contributed by atoms with Crippen LogP contribution in [-0.4, -0.2) is 25.8 Å². The minimum Gasteiger partial charge on any atom is -0.497 e. The lowest BCUT2D eigenvalue weighted by molar-refractivity contribution is -0.110. The highest BCUT2D eigenvalue weighted by Gasteiger charge is 2.30. The molecule has 1 aliphatic rings. The molecule has 118 valence electrons. The van der Waals surface area contributed by atoms with Gasteiger partial charge in [0.25, 0.3) is 5.91 Å². The number of nitrogens with one attached hydrogen (secondary N) is 1. The molecule has 0 spiro atoms. The van der Waals surface area contributed by atoms with E-state index in [1.807, 2.05) is 13.0 Å². The van der Waals surface area contributed by atoms with Gasteiger partial charge in [-0.25, -0.2) is 4.99 Å². The molecule has 23 heavy (non-hydrogen) atoms. The molecule has 2 aromatic rings. The van der Waals surface area contributed by atoms with Gasteiger partial charge in [-0.1, -0.05) is 17.7 Å². The van der Waals surface area contributed by atoms with Crippen LogP contribution < -0.4 is 14.8 Å². The van der Waals surface area contributed by atoms with Crippen molar-refractivity contribution in [1.29, 1.82) is 0 Å². The number of amides is 1. The number of carbonyl (C=O) groups is 1. The Morgan fingerprint density at radius 3 is 2.61 bits per heavy atom. The number of ether oxygens (including phenoxy) is 2. The van der Waals surface area contributed by atoms with E-state index in [1.54, 1.807) is 38.5 Å². The van der Waals surface area contributed by atoms with Gasteiger partial charge in [0.1, 0.15) is 22.9 Å². The fraction of sp³-hybridized carbons (Fsp3) is 0.176. The second-order valence-electron chi connectivity index (χ2n) is 5.07. The molecule has 2 aromatic carbocycles. The summed E-state index contributed by atoms with van der Waals surface area (Å²) in [5, 5.41) is 3.29. The molecule has 0 fully saturated rings. The van der Waals surface area contributed by atoms with E-state index in [0.29, 0.717) is 33.5 Å². The Bertz CT molecular complexity index is 831. The fourth-order valence-corrected chi connectivity index (χ4v) is 2.72. The molecule has 0 unspecified atom stereocenters. The molecule has 0 radical (unpaired) electrons. The highest BCUT2D eigenvalue weighted by atomic mass is 35.5. The summed E-state index contributed by atoms with van der Waals surface area (Å²) in [6.07, 6.45) is 0. The first-order valence-corrected chi connectivity index (χ1v) is 7.34. The zero-order valence-corrected chi connectivity index (χ0v) is 13.7. The van der Waals surface area contributed by atoms with Crippen LogP contribution in [0.15, 0.2) is 35.3 Å². The van der Waals surface area contributed by atoms with Gasteiger partial charge in [-0.3, -0.25) is 4.79 Å². The smallest absolute Gasteiger partial charge is 0.275 e. The van der Waals surface area contributed by atoms with Crippen LogP contribution >= 0.6 is 11.6 Å². The molecule has 1 amide bonds. The Morgan fingerprint density at radius 2 is 1.91 bits per heavy atom. The minimum atomic E-state index is -0.291. The monoisotopic (exact) mass is 330 g/mol. The molecular formula is C17H15ClN2O3. The number of benzene rings is 2. The van der Waals surface area contributed by atoms with Crippen LogP contribution in [0.4, 0.5) is 11.4 Å². The number of halogens is 1. The van der Waals surface area contributed by atoms with Gasteiger partial charge in [-0.05, 0) is 30.7 Å². The first-order chi connectivity index (χ1) is 11.0. The van der Waals surface area contributed by atoms with Crippen molar-refractivity contribution in [3.05, 3.63) is 46.5 Å². The molecule has 0 aromatic heterocycles. The number of aliphatic imine (C=N–C) groups is 1. The Kier molecular flexibility index (Phi) is 3.96. The Morgan fingerprint density at radius 1 is 1.13 bits per heavy atom. The maximum Gasteiger partial charge on any atom is 0.275 e. The van der Waals surface area contributed by atoms with Gasteiger partial charge < -0.3 is 14.8 Å². The number of fused-ring (bicyclic) bond motifs is 1. The average molecular weight is 331 g/mol. The second kappa shape index (κ2) is 5.93. The first kappa shape index (κ1) is 15.4. The van der Waals surface area contributed by atoms with E-state index < -0.39 is 0 Å². The molecule has 0 saturated carbocycles. The lowest BCUT2D eigenvalue weighted by Gasteiger charge is -2.08. The van der Waals surface area contributed by atoms with Crippen LogP contribution in [0.3, 0.4) is 0 Å². The number of rotatable bonds is 3. The van der Waals surface area contributed by atoms with Crippen molar-refractivity contribution in [3.8, 4) is 11.5 Å². The maximum atomic E-state index is 12.3. The number of anilines is 1. The second-order valence-corrected chi connectivity index (χ2v) is 5.47. The van der Waals surface area contributed by atoms with E-state index in [0.717, 1.165) is 5.56 Å². The molecule has 0 saturated heterocycles. The highest BCUT2D eigenvalue weighted by Crippen LogP contribution is 2.37. The fourth-order valence-electron chi connectivity index (χ4n) is 2.47. The van der Waals surface area contributed by atoms with Crippen molar-refractivity contribution in [2.24, 2.45) is 4.99 Å². The van der Waals surface area contributed by atoms with E-state index in [4.69, 9.17) is 21.1 Å². The standard InChI is InChI=1S/C17H15ClN2O3/c1-9-4-6-11(18)14-15(9)20-17(21)16(14)19-12-8-10(22-2)5-7-13(12)23-3/h4-8H,1-3H3,(H,19,20,21). The topological polar surface area (TPSA) is 59.9 Å². The quantitative estimate of drug-likeness (QED) is 0.932. The highest BCUT2D eigenvalue weighted by molar-refractivity contribution is 6.57. The first-order valence-electron chi connectivity index (χ1n) is 6.96. The zero-order chi connectivity index (χ0) is 16.6. The number of hydrogen-bond donors (Lipinski definition) is 1. The van der Waals surface area contributed by atoms with Crippen molar-refractivity contribution < 1.29 is 14.3 Å². The van der Waals surface area contributed by atoms with Gasteiger partial charge in [0, 0.05) is 11.6 Å². The van der Waals surface area contributed by atoms with Crippen molar-refractivity contribution in [3.63, 3.8) is 0 Å². The van der Waals surface area contributed by atoms with E-state index in [9.17, 15) is 4.79 Å². The largest absolute Gasteiger partial charge is 0.497 e. The van der Waals surface area contributed by atoms with Crippen LogP contribution in [0, 0.1) is 6.92 Å². The van der Waals surface area contributed by atoms with Crippen molar-refractivity contribution in [2.75, 3.05) is 19.5 Å². The van der Waals surface area contributed by atoms with Gasteiger partial charge in [-0.2, -0.15) is 0 Å². The Hall–Kier alpha value is -2.53. The SMILES string of the molecule is COc1ccc(OC)c(N=C2C(=O)Nc3c(C)ccc(Cl)c32)c1. The van der Waals surface area contributed by atoms with Gasteiger partial charge in [0.15, 0.2) is 0 Å². The zero-order valence-electron chi connectivity index (χ0n) is 12.9. The number of methoxy groups -OCH3 is 2. The van der Waals surface area contributed by atoms with E-state index >= 15 is 0 Å². The summed E-state index contributed by atoms with van der Waals surface area (Å²) >= 11 is 6.27. The number of aryl methyl sites for hydroxylation is 1. The van der Waals surface area contributed by atoms with Gasteiger partial charge in [-0.15, -0.1) is 0 Å². The Balaban J connectivity index is 2.19. The molecule has 6 heteroatoms. The predicted octanol–water partition coefficient (Wildman–Crippen LogP) is 3.74. The summed E-state index contributed by atoms with van der Waals surface area (Å²) in [5.41, 5.74) is 3.01. The average Bonchev–Trinajstić information content (AvgIpc) is 2.89. The van der Waals surface area contributed by atoms with Crippen LogP contribution in [0.25, 0.3) is 0 Å². The molecule has 0 atom stereocenters. The molecule has 1 heterocycles. The third-order valence-electron chi connectivity index (χ3n) is 3.67. The van der Waals surface area contributed by atoms with Crippen molar-refractivity contribution in [1.82, 2.24) is 0 Å². The normalized spacial score (nSPS) is 14.6. The summed E-state index contributed by atoms with van der Waals surface area (Å²) < 4.78 is 10.5. The molecular weight excluding hydrogens is 316 g/mol.